The molecule has 0 aromatic heterocycles. The number of hydrogen-bond donors (Lipinski definition) is 0. The number of rotatable bonds is 46. The van der Waals surface area contributed by atoms with Gasteiger partial charge in [-0.1, -0.05) is 237 Å². The molecular weight excluding hydrogens is 733 g/mol. The van der Waals surface area contributed by atoms with Crippen molar-refractivity contribution in [2.24, 2.45) is 0 Å². The van der Waals surface area contributed by atoms with Crippen LogP contribution < -0.4 is 0 Å². The Labute approximate surface area is 365 Å². The third kappa shape index (κ3) is 46.5. The van der Waals surface area contributed by atoms with Crippen molar-refractivity contribution in [2.45, 2.75) is 271 Å². The van der Waals surface area contributed by atoms with Crippen molar-refractivity contribution in [2.75, 3.05) is 13.2 Å². The molecule has 6 nitrogen and oxygen atoms in total. The Kier molecular flexibility index (Phi) is 46.4. The van der Waals surface area contributed by atoms with E-state index in [1.807, 2.05) is 0 Å². The summed E-state index contributed by atoms with van der Waals surface area (Å²) in [7, 11) is 0. The maximum Gasteiger partial charge on any atom is 0.306 e. The van der Waals surface area contributed by atoms with Crippen molar-refractivity contribution < 1.29 is 28.6 Å². The molecule has 0 spiro atoms. The van der Waals surface area contributed by atoms with E-state index in [9.17, 15) is 14.4 Å². The van der Waals surface area contributed by atoms with E-state index in [0.717, 1.165) is 64.2 Å². The van der Waals surface area contributed by atoms with Crippen molar-refractivity contribution >= 4 is 17.9 Å². The number of hydrogen-bond acceptors (Lipinski definition) is 6. The van der Waals surface area contributed by atoms with Gasteiger partial charge in [-0.2, -0.15) is 0 Å². The highest BCUT2D eigenvalue weighted by Gasteiger charge is 2.19. The van der Waals surface area contributed by atoms with Crippen molar-refractivity contribution in [3.63, 3.8) is 0 Å². The van der Waals surface area contributed by atoms with Crippen LogP contribution in [-0.4, -0.2) is 37.2 Å². The van der Waals surface area contributed by atoms with Gasteiger partial charge in [0.2, 0.25) is 0 Å². The van der Waals surface area contributed by atoms with E-state index < -0.39 is 6.10 Å². The Bertz CT molecular complexity index is 1000. The Morgan fingerprint density at radius 2 is 0.661 bits per heavy atom. The van der Waals surface area contributed by atoms with Gasteiger partial charge in [-0.15, -0.1) is 0 Å². The second-order valence-corrected chi connectivity index (χ2v) is 17.1. The third-order valence-electron chi connectivity index (χ3n) is 11.2. The summed E-state index contributed by atoms with van der Waals surface area (Å²) >= 11 is 0. The molecule has 0 amide bonds. The number of carbonyl (C=O) groups is 3. The van der Waals surface area contributed by atoms with Crippen molar-refractivity contribution in [3.8, 4) is 0 Å². The minimum atomic E-state index is -0.791. The Hall–Kier alpha value is -2.37. The summed E-state index contributed by atoms with van der Waals surface area (Å²) in [4.78, 5) is 37.8. The molecule has 0 fully saturated rings. The van der Waals surface area contributed by atoms with Crippen LogP contribution in [0.2, 0.25) is 0 Å². The Morgan fingerprint density at radius 1 is 0.356 bits per heavy atom. The zero-order valence-electron chi connectivity index (χ0n) is 39.3. The molecule has 0 saturated carbocycles. The van der Waals surface area contributed by atoms with Gasteiger partial charge in [0.1, 0.15) is 13.2 Å². The van der Waals surface area contributed by atoms with Gasteiger partial charge in [0.15, 0.2) is 6.10 Å². The number of unbranched alkanes of at least 4 members (excludes halogenated alkanes) is 29. The van der Waals surface area contributed by atoms with E-state index in [-0.39, 0.29) is 37.5 Å². The molecule has 1 unspecified atom stereocenters. The molecule has 0 N–H and O–H groups in total. The normalized spacial score (nSPS) is 12.3. The Morgan fingerprint density at radius 3 is 1.02 bits per heavy atom. The lowest BCUT2D eigenvalue weighted by Gasteiger charge is -2.18. The molecule has 0 aromatic carbocycles. The molecule has 0 bridgehead atoms. The summed E-state index contributed by atoms with van der Waals surface area (Å²) < 4.78 is 16.7. The van der Waals surface area contributed by atoms with E-state index in [2.05, 4.69) is 57.2 Å². The van der Waals surface area contributed by atoms with Gasteiger partial charge in [0.05, 0.1) is 0 Å². The van der Waals surface area contributed by atoms with Gasteiger partial charge in [-0.05, 0) is 44.9 Å². The van der Waals surface area contributed by atoms with Crippen molar-refractivity contribution in [1.82, 2.24) is 0 Å². The average molecular weight is 829 g/mol. The highest BCUT2D eigenvalue weighted by atomic mass is 16.6. The van der Waals surface area contributed by atoms with Crippen LogP contribution in [0.25, 0.3) is 0 Å². The number of carbonyl (C=O) groups excluding carboxylic acids is 3. The smallest absolute Gasteiger partial charge is 0.306 e. The largest absolute Gasteiger partial charge is 0.462 e. The topological polar surface area (TPSA) is 78.9 Å². The second kappa shape index (κ2) is 48.3. The maximum absolute atomic E-state index is 12.7. The summed E-state index contributed by atoms with van der Waals surface area (Å²) in [5.41, 5.74) is 0. The van der Waals surface area contributed by atoms with Gasteiger partial charge in [0.25, 0.3) is 0 Å². The lowest BCUT2D eigenvalue weighted by atomic mass is 10.0. The third-order valence-corrected chi connectivity index (χ3v) is 11.2. The first kappa shape index (κ1) is 56.6. The molecule has 0 radical (unpaired) electrons. The first-order valence-corrected chi connectivity index (χ1v) is 25.5. The van der Waals surface area contributed by atoms with E-state index in [4.69, 9.17) is 14.2 Å². The van der Waals surface area contributed by atoms with Crippen molar-refractivity contribution in [3.05, 3.63) is 36.5 Å². The number of allylic oxidation sites excluding steroid dienone is 6. The van der Waals surface area contributed by atoms with Gasteiger partial charge >= 0.3 is 17.9 Å². The van der Waals surface area contributed by atoms with Crippen LogP contribution in [-0.2, 0) is 28.6 Å². The van der Waals surface area contributed by atoms with Gasteiger partial charge < -0.3 is 14.2 Å². The van der Waals surface area contributed by atoms with Gasteiger partial charge in [-0.25, -0.2) is 0 Å². The van der Waals surface area contributed by atoms with E-state index >= 15 is 0 Å². The van der Waals surface area contributed by atoms with E-state index in [0.29, 0.717) is 19.3 Å². The fourth-order valence-corrected chi connectivity index (χ4v) is 7.35. The monoisotopic (exact) mass is 829 g/mol. The maximum atomic E-state index is 12.7. The molecule has 0 aliphatic carbocycles. The molecule has 0 aromatic rings. The second-order valence-electron chi connectivity index (χ2n) is 17.1. The zero-order valence-corrected chi connectivity index (χ0v) is 39.3. The van der Waals surface area contributed by atoms with Gasteiger partial charge in [0, 0.05) is 19.3 Å². The molecule has 1 atom stereocenters. The molecule has 6 heteroatoms. The summed E-state index contributed by atoms with van der Waals surface area (Å²) in [5.74, 6) is -0.934. The predicted octanol–water partition coefficient (Wildman–Crippen LogP) is 16.5. The molecular formula is C53H96O6. The minimum absolute atomic E-state index is 0.0882. The first-order valence-electron chi connectivity index (χ1n) is 25.5. The first-order chi connectivity index (χ1) is 29.0. The van der Waals surface area contributed by atoms with Crippen LogP contribution >= 0.6 is 0 Å². The van der Waals surface area contributed by atoms with E-state index in [1.165, 1.54) is 154 Å². The fraction of sp³-hybridized carbons (Fsp3) is 0.830. The highest BCUT2D eigenvalue weighted by molar-refractivity contribution is 5.71. The SMILES string of the molecule is CC/C=C\C/C=C\C/C=C\CCCC(=O)OC(COC(=O)CCCCCCCCCCCCC)COC(=O)CCCCCCCCCCCCCCCCCCCCC. The molecule has 59 heavy (non-hydrogen) atoms. The summed E-state index contributed by atoms with van der Waals surface area (Å²) in [6.07, 6.45) is 55.8. The van der Waals surface area contributed by atoms with Crippen LogP contribution in [0, 0.1) is 0 Å². The molecule has 0 heterocycles. The highest BCUT2D eigenvalue weighted by Crippen LogP contribution is 2.16. The van der Waals surface area contributed by atoms with E-state index in [1.54, 1.807) is 0 Å². The van der Waals surface area contributed by atoms with Crippen LogP contribution in [0.5, 0.6) is 0 Å². The lowest BCUT2D eigenvalue weighted by molar-refractivity contribution is -0.167. The molecule has 344 valence electrons. The number of esters is 3. The standard InChI is InChI=1S/C53H96O6/c1-4-7-10-13-16-19-22-23-24-25-26-27-28-29-32-34-37-40-43-46-52(55)58-49-50(59-53(56)47-44-41-38-35-31-21-18-15-12-9-6-3)48-57-51(54)45-42-39-36-33-30-20-17-14-11-8-5-2/h9,12,18,21,35,38,50H,4-8,10-11,13-17,19-20,22-34,36-37,39-49H2,1-3H3/b12-9-,21-18-,38-35-. The molecule has 0 rings (SSSR count). The quantitative estimate of drug-likeness (QED) is 0.0263. The molecule has 0 aliphatic rings. The van der Waals surface area contributed by atoms with Crippen LogP contribution in [0.3, 0.4) is 0 Å². The van der Waals surface area contributed by atoms with Crippen LogP contribution in [0.1, 0.15) is 265 Å². The molecule has 0 saturated heterocycles. The summed E-state index contributed by atoms with van der Waals surface area (Å²) in [6.45, 7) is 6.49. The minimum Gasteiger partial charge on any atom is -0.462 e. The number of ether oxygens (including phenoxy) is 3. The zero-order chi connectivity index (χ0) is 43.0. The molecule has 0 aliphatic heterocycles. The van der Waals surface area contributed by atoms with Crippen molar-refractivity contribution in [1.29, 1.82) is 0 Å². The predicted molar refractivity (Wildman–Crippen MR) is 252 cm³/mol. The lowest BCUT2D eigenvalue weighted by Crippen LogP contribution is -2.30. The Balaban J connectivity index is 4.29. The van der Waals surface area contributed by atoms with Crippen LogP contribution in [0.4, 0.5) is 0 Å². The fourth-order valence-electron chi connectivity index (χ4n) is 7.35. The summed E-state index contributed by atoms with van der Waals surface area (Å²) in [5, 5.41) is 0. The average Bonchev–Trinajstić information content (AvgIpc) is 3.23. The van der Waals surface area contributed by atoms with Gasteiger partial charge in [-0.3, -0.25) is 14.4 Å². The van der Waals surface area contributed by atoms with Crippen LogP contribution in [0.15, 0.2) is 36.5 Å². The summed E-state index contributed by atoms with van der Waals surface area (Å²) in [6, 6.07) is 0.